The highest BCUT2D eigenvalue weighted by atomic mass is 16.3. The fraction of sp³-hybridized carbons (Fsp3) is 0.467. The number of carbonyl (C=O) groups is 1. The second-order valence-corrected chi connectivity index (χ2v) is 5.51. The van der Waals surface area contributed by atoms with E-state index in [1.807, 2.05) is 17.9 Å². The number of piperidine rings is 1. The molecule has 5 heteroatoms. The summed E-state index contributed by atoms with van der Waals surface area (Å²) in [5.74, 6) is -0.0957. The number of nitrogens with zero attached hydrogens (tertiary/aromatic N) is 2. The molecular formula is C15H19N3O2. The predicted octanol–water partition coefficient (Wildman–Crippen LogP) is 1.34. The molecule has 1 saturated heterocycles. The standard InChI is InChI=1S/C15H19N3O2/c1-15(20)5-7-18(8-6-15)11-14(19)17-13-4-2-3-12(9-13)10-16/h2-4,9,20H,5-8,11H2,1H3,(H,17,19). The van der Waals surface area contributed by atoms with Crippen LogP contribution in [0.25, 0.3) is 0 Å². The average molecular weight is 273 g/mol. The first-order chi connectivity index (χ1) is 9.48. The number of carbonyl (C=O) groups excluding carboxylic acids is 1. The lowest BCUT2D eigenvalue weighted by Crippen LogP contribution is -2.45. The Morgan fingerprint density at radius 1 is 1.50 bits per heavy atom. The highest BCUT2D eigenvalue weighted by molar-refractivity contribution is 5.92. The monoisotopic (exact) mass is 273 g/mol. The molecule has 0 aliphatic carbocycles. The lowest BCUT2D eigenvalue weighted by Gasteiger charge is -2.35. The number of hydrogen-bond acceptors (Lipinski definition) is 4. The largest absolute Gasteiger partial charge is 0.390 e. The van der Waals surface area contributed by atoms with E-state index in [1.165, 1.54) is 0 Å². The van der Waals surface area contributed by atoms with Crippen LogP contribution in [0.1, 0.15) is 25.3 Å². The van der Waals surface area contributed by atoms with Gasteiger partial charge in [0, 0.05) is 18.8 Å². The second-order valence-electron chi connectivity index (χ2n) is 5.51. The van der Waals surface area contributed by atoms with Crippen LogP contribution in [-0.2, 0) is 4.79 Å². The summed E-state index contributed by atoms with van der Waals surface area (Å²) >= 11 is 0. The summed E-state index contributed by atoms with van der Waals surface area (Å²) in [6, 6.07) is 8.90. The summed E-state index contributed by atoms with van der Waals surface area (Å²) in [6.45, 7) is 3.59. The van der Waals surface area contributed by atoms with Crippen molar-refractivity contribution in [1.29, 1.82) is 5.26 Å². The number of rotatable bonds is 3. The molecule has 1 fully saturated rings. The molecule has 0 saturated carbocycles. The van der Waals surface area contributed by atoms with Crippen molar-refractivity contribution >= 4 is 11.6 Å². The van der Waals surface area contributed by atoms with Gasteiger partial charge in [-0.25, -0.2) is 0 Å². The quantitative estimate of drug-likeness (QED) is 0.871. The number of amides is 1. The number of benzene rings is 1. The molecule has 1 aromatic rings. The molecule has 1 aromatic carbocycles. The first-order valence-electron chi connectivity index (χ1n) is 6.73. The fourth-order valence-electron chi connectivity index (χ4n) is 2.26. The summed E-state index contributed by atoms with van der Waals surface area (Å²) in [7, 11) is 0. The molecule has 5 nitrogen and oxygen atoms in total. The molecule has 0 radical (unpaired) electrons. The van der Waals surface area contributed by atoms with Gasteiger partial charge in [0.05, 0.1) is 23.8 Å². The Kier molecular flexibility index (Phi) is 4.38. The van der Waals surface area contributed by atoms with Crippen LogP contribution in [0, 0.1) is 11.3 Å². The summed E-state index contributed by atoms with van der Waals surface area (Å²) in [5.41, 5.74) is 0.559. The van der Waals surface area contributed by atoms with Crippen LogP contribution in [0.15, 0.2) is 24.3 Å². The van der Waals surface area contributed by atoms with Crippen molar-refractivity contribution in [2.24, 2.45) is 0 Å². The lowest BCUT2D eigenvalue weighted by atomic mass is 9.94. The number of likely N-dealkylation sites (tertiary alicyclic amines) is 1. The van der Waals surface area contributed by atoms with Crippen LogP contribution in [0.2, 0.25) is 0 Å². The van der Waals surface area contributed by atoms with Crippen LogP contribution < -0.4 is 5.32 Å². The van der Waals surface area contributed by atoms with Gasteiger partial charge in [-0.1, -0.05) is 6.07 Å². The minimum Gasteiger partial charge on any atom is -0.390 e. The van der Waals surface area contributed by atoms with Crippen LogP contribution in [0.3, 0.4) is 0 Å². The van der Waals surface area contributed by atoms with Gasteiger partial charge in [-0.15, -0.1) is 0 Å². The topological polar surface area (TPSA) is 76.4 Å². The van der Waals surface area contributed by atoms with Crippen LogP contribution in [0.5, 0.6) is 0 Å². The Labute approximate surface area is 118 Å². The van der Waals surface area contributed by atoms with E-state index in [2.05, 4.69) is 5.32 Å². The van der Waals surface area contributed by atoms with Gasteiger partial charge in [0.15, 0.2) is 0 Å². The van der Waals surface area contributed by atoms with E-state index in [9.17, 15) is 9.90 Å². The normalized spacial score (nSPS) is 18.2. The van der Waals surface area contributed by atoms with E-state index in [-0.39, 0.29) is 5.91 Å². The maximum atomic E-state index is 11.9. The van der Waals surface area contributed by atoms with Crippen molar-refractivity contribution in [1.82, 2.24) is 4.90 Å². The Balaban J connectivity index is 1.85. The molecular weight excluding hydrogens is 254 g/mol. The molecule has 0 aromatic heterocycles. The zero-order valence-corrected chi connectivity index (χ0v) is 11.6. The molecule has 0 unspecified atom stereocenters. The summed E-state index contributed by atoms with van der Waals surface area (Å²) in [4.78, 5) is 14.0. The highest BCUT2D eigenvalue weighted by Gasteiger charge is 2.27. The van der Waals surface area contributed by atoms with E-state index in [0.29, 0.717) is 30.6 Å². The average Bonchev–Trinajstić information content (AvgIpc) is 2.41. The van der Waals surface area contributed by atoms with Gasteiger partial charge in [-0.05, 0) is 38.0 Å². The molecule has 0 bridgehead atoms. The third-order valence-electron chi connectivity index (χ3n) is 3.58. The van der Waals surface area contributed by atoms with E-state index in [4.69, 9.17) is 5.26 Å². The molecule has 1 aliphatic rings. The minimum atomic E-state index is -0.603. The molecule has 20 heavy (non-hydrogen) atoms. The van der Waals surface area contributed by atoms with Gasteiger partial charge in [-0.3, -0.25) is 9.69 Å². The number of nitriles is 1. The molecule has 0 spiro atoms. The maximum Gasteiger partial charge on any atom is 0.238 e. The third-order valence-corrected chi connectivity index (χ3v) is 3.58. The summed E-state index contributed by atoms with van der Waals surface area (Å²) in [5, 5.41) is 21.5. The van der Waals surface area contributed by atoms with Gasteiger partial charge in [0.25, 0.3) is 0 Å². The molecule has 2 rings (SSSR count). The van der Waals surface area contributed by atoms with E-state index in [1.54, 1.807) is 24.3 Å². The first-order valence-corrected chi connectivity index (χ1v) is 6.73. The van der Waals surface area contributed by atoms with Crippen LogP contribution >= 0.6 is 0 Å². The molecule has 0 atom stereocenters. The number of nitrogens with one attached hydrogen (secondary N) is 1. The van der Waals surface area contributed by atoms with Gasteiger partial charge >= 0.3 is 0 Å². The van der Waals surface area contributed by atoms with Crippen molar-refractivity contribution in [2.45, 2.75) is 25.4 Å². The van der Waals surface area contributed by atoms with E-state index < -0.39 is 5.60 Å². The van der Waals surface area contributed by atoms with Crippen LogP contribution in [0.4, 0.5) is 5.69 Å². The smallest absolute Gasteiger partial charge is 0.238 e. The van der Waals surface area contributed by atoms with Crippen molar-refractivity contribution < 1.29 is 9.90 Å². The van der Waals surface area contributed by atoms with E-state index in [0.717, 1.165) is 13.1 Å². The lowest BCUT2D eigenvalue weighted by molar-refractivity contribution is -0.118. The molecule has 1 aliphatic heterocycles. The third kappa shape index (κ3) is 4.05. The minimum absolute atomic E-state index is 0.0957. The molecule has 1 heterocycles. The second kappa shape index (κ2) is 6.04. The zero-order chi connectivity index (χ0) is 14.6. The van der Waals surface area contributed by atoms with Gasteiger partial charge in [-0.2, -0.15) is 5.26 Å². The molecule has 106 valence electrons. The SMILES string of the molecule is CC1(O)CCN(CC(=O)Nc2cccc(C#N)c2)CC1. The summed E-state index contributed by atoms with van der Waals surface area (Å²) < 4.78 is 0. The number of aliphatic hydroxyl groups is 1. The Bertz CT molecular complexity index is 524. The fourth-order valence-corrected chi connectivity index (χ4v) is 2.26. The van der Waals surface area contributed by atoms with Crippen molar-refractivity contribution in [3.63, 3.8) is 0 Å². The predicted molar refractivity (Wildman–Crippen MR) is 76.1 cm³/mol. The zero-order valence-electron chi connectivity index (χ0n) is 11.6. The van der Waals surface area contributed by atoms with Gasteiger partial charge < -0.3 is 10.4 Å². The Morgan fingerprint density at radius 2 is 2.20 bits per heavy atom. The van der Waals surface area contributed by atoms with Gasteiger partial charge in [0.1, 0.15) is 0 Å². The number of anilines is 1. The highest BCUT2D eigenvalue weighted by Crippen LogP contribution is 2.20. The van der Waals surface area contributed by atoms with Crippen molar-refractivity contribution in [2.75, 3.05) is 25.0 Å². The molecule has 2 N–H and O–H groups in total. The van der Waals surface area contributed by atoms with Gasteiger partial charge in [0.2, 0.25) is 5.91 Å². The van der Waals surface area contributed by atoms with Crippen LogP contribution in [-0.4, -0.2) is 41.1 Å². The summed E-state index contributed by atoms with van der Waals surface area (Å²) in [6.07, 6.45) is 1.37. The maximum absolute atomic E-state index is 11.9. The Hall–Kier alpha value is -1.90. The number of hydrogen-bond donors (Lipinski definition) is 2. The molecule has 1 amide bonds. The van der Waals surface area contributed by atoms with Crippen molar-refractivity contribution in [3.8, 4) is 6.07 Å². The van der Waals surface area contributed by atoms with Crippen molar-refractivity contribution in [3.05, 3.63) is 29.8 Å². The Morgan fingerprint density at radius 3 is 2.85 bits per heavy atom. The first kappa shape index (κ1) is 14.5. The van der Waals surface area contributed by atoms with E-state index >= 15 is 0 Å².